The van der Waals surface area contributed by atoms with Crippen molar-refractivity contribution in [2.75, 3.05) is 19.0 Å². The number of rotatable bonds is 8. The van der Waals surface area contributed by atoms with Crippen LogP contribution in [0.2, 0.25) is 0 Å². The zero-order valence-corrected chi connectivity index (χ0v) is 13.7. The third-order valence-corrected chi connectivity index (χ3v) is 3.48. The highest BCUT2D eigenvalue weighted by atomic mass is 16.5. The van der Waals surface area contributed by atoms with Gasteiger partial charge in [-0.05, 0) is 29.7 Å². The van der Waals surface area contributed by atoms with Crippen LogP contribution in [0.25, 0.3) is 0 Å². The maximum absolute atomic E-state index is 11.7. The van der Waals surface area contributed by atoms with E-state index < -0.39 is 0 Å². The molecule has 2 aromatic rings. The van der Waals surface area contributed by atoms with Crippen LogP contribution in [0, 0.1) is 0 Å². The molecular formula is C19H21NO4. The van der Waals surface area contributed by atoms with Crippen LogP contribution in [0.4, 0.5) is 5.69 Å². The van der Waals surface area contributed by atoms with E-state index in [9.17, 15) is 9.59 Å². The van der Waals surface area contributed by atoms with Gasteiger partial charge in [-0.3, -0.25) is 9.59 Å². The Labute approximate surface area is 141 Å². The van der Waals surface area contributed by atoms with Crippen LogP contribution in [0.1, 0.15) is 17.5 Å². The van der Waals surface area contributed by atoms with Crippen molar-refractivity contribution in [3.05, 3.63) is 65.7 Å². The summed E-state index contributed by atoms with van der Waals surface area (Å²) in [5.74, 6) is -0.535. The van der Waals surface area contributed by atoms with E-state index in [1.54, 1.807) is 0 Å². The molecule has 2 rings (SSSR count). The van der Waals surface area contributed by atoms with Crippen LogP contribution < -0.4 is 5.32 Å². The molecule has 2 aromatic carbocycles. The lowest BCUT2D eigenvalue weighted by atomic mass is 10.1. The van der Waals surface area contributed by atoms with Gasteiger partial charge < -0.3 is 14.8 Å². The second kappa shape index (κ2) is 9.35. The fourth-order valence-electron chi connectivity index (χ4n) is 2.10. The molecule has 24 heavy (non-hydrogen) atoms. The first kappa shape index (κ1) is 17.5. The van der Waals surface area contributed by atoms with Crippen LogP contribution in [-0.2, 0) is 32.1 Å². The lowest BCUT2D eigenvalue weighted by Gasteiger charge is -2.08. The van der Waals surface area contributed by atoms with Crippen molar-refractivity contribution in [1.82, 2.24) is 0 Å². The van der Waals surface area contributed by atoms with Gasteiger partial charge in [-0.25, -0.2) is 0 Å². The number of ether oxygens (including phenoxy) is 2. The van der Waals surface area contributed by atoms with Crippen molar-refractivity contribution in [1.29, 1.82) is 0 Å². The molecule has 5 nitrogen and oxygen atoms in total. The Balaban J connectivity index is 1.71. The third-order valence-electron chi connectivity index (χ3n) is 3.48. The fourth-order valence-corrected chi connectivity index (χ4v) is 2.10. The summed E-state index contributed by atoms with van der Waals surface area (Å²) in [6.45, 7) is 0.377. The molecule has 0 atom stereocenters. The van der Waals surface area contributed by atoms with Crippen molar-refractivity contribution in [3.8, 4) is 0 Å². The average Bonchev–Trinajstić information content (AvgIpc) is 2.64. The molecule has 0 spiro atoms. The molecule has 0 fully saturated rings. The average molecular weight is 327 g/mol. The molecule has 0 aliphatic carbocycles. The SMILES string of the molecule is COC(=O)CCc1ccc(NCC(=O)OCc2ccccc2)cc1. The number of anilines is 1. The van der Waals surface area contributed by atoms with Gasteiger partial charge >= 0.3 is 11.9 Å². The molecule has 0 amide bonds. The van der Waals surface area contributed by atoms with Crippen molar-refractivity contribution >= 4 is 17.6 Å². The number of hydrogen-bond acceptors (Lipinski definition) is 5. The summed E-state index contributed by atoms with van der Waals surface area (Å²) < 4.78 is 9.81. The molecule has 1 N–H and O–H groups in total. The fraction of sp³-hybridized carbons (Fsp3) is 0.263. The van der Waals surface area contributed by atoms with Gasteiger partial charge in [-0.15, -0.1) is 0 Å². The normalized spacial score (nSPS) is 10.0. The van der Waals surface area contributed by atoms with Crippen LogP contribution in [0.3, 0.4) is 0 Å². The highest BCUT2D eigenvalue weighted by molar-refractivity contribution is 5.75. The van der Waals surface area contributed by atoms with Gasteiger partial charge in [0, 0.05) is 12.1 Å². The zero-order valence-electron chi connectivity index (χ0n) is 13.7. The Hall–Kier alpha value is -2.82. The van der Waals surface area contributed by atoms with Crippen LogP contribution >= 0.6 is 0 Å². The van der Waals surface area contributed by atoms with Gasteiger partial charge in [-0.1, -0.05) is 42.5 Å². The summed E-state index contributed by atoms with van der Waals surface area (Å²) in [6.07, 6.45) is 0.987. The highest BCUT2D eigenvalue weighted by Gasteiger charge is 2.04. The third kappa shape index (κ3) is 6.12. The summed E-state index contributed by atoms with van der Waals surface area (Å²) >= 11 is 0. The van der Waals surface area contributed by atoms with Gasteiger partial charge in [0.2, 0.25) is 0 Å². The van der Waals surface area contributed by atoms with E-state index >= 15 is 0 Å². The molecule has 0 unspecified atom stereocenters. The molecule has 0 aliphatic heterocycles. The van der Waals surface area contributed by atoms with Crippen molar-refractivity contribution in [2.24, 2.45) is 0 Å². The Bertz CT molecular complexity index is 653. The predicted molar refractivity (Wildman–Crippen MR) is 91.5 cm³/mol. The van der Waals surface area contributed by atoms with Crippen LogP contribution in [-0.4, -0.2) is 25.6 Å². The van der Waals surface area contributed by atoms with Gasteiger partial charge in [0.15, 0.2) is 0 Å². The predicted octanol–water partition coefficient (Wildman–Crippen LogP) is 2.95. The van der Waals surface area contributed by atoms with Crippen molar-refractivity contribution in [3.63, 3.8) is 0 Å². The molecule has 0 saturated carbocycles. The first-order valence-corrected chi connectivity index (χ1v) is 7.76. The van der Waals surface area contributed by atoms with Crippen LogP contribution in [0.5, 0.6) is 0 Å². The molecular weight excluding hydrogens is 306 g/mol. The zero-order chi connectivity index (χ0) is 17.2. The number of nitrogens with one attached hydrogen (secondary N) is 1. The van der Waals surface area contributed by atoms with E-state index in [4.69, 9.17) is 4.74 Å². The van der Waals surface area contributed by atoms with Crippen molar-refractivity contribution < 1.29 is 19.1 Å². The maximum Gasteiger partial charge on any atom is 0.325 e. The summed E-state index contributed by atoms with van der Waals surface area (Å²) in [7, 11) is 1.38. The Morgan fingerprint density at radius 3 is 2.29 bits per heavy atom. The first-order valence-electron chi connectivity index (χ1n) is 7.76. The number of carbonyl (C=O) groups is 2. The number of carbonyl (C=O) groups excluding carboxylic acids is 2. The van der Waals surface area contributed by atoms with E-state index in [2.05, 4.69) is 10.1 Å². The molecule has 126 valence electrons. The van der Waals surface area contributed by atoms with E-state index in [1.165, 1.54) is 7.11 Å². The molecule has 0 heterocycles. The highest BCUT2D eigenvalue weighted by Crippen LogP contribution is 2.11. The van der Waals surface area contributed by atoms with Gasteiger partial charge in [0.05, 0.1) is 7.11 Å². The lowest BCUT2D eigenvalue weighted by molar-refractivity contribution is -0.143. The standard InChI is InChI=1S/C19H21NO4/c1-23-18(21)12-9-15-7-10-17(11-8-15)20-13-19(22)24-14-16-5-3-2-4-6-16/h2-8,10-11,20H,9,12-14H2,1H3. The minimum atomic E-state index is -0.311. The topological polar surface area (TPSA) is 64.6 Å². The molecule has 0 aliphatic rings. The Kier molecular flexibility index (Phi) is 6.83. The van der Waals surface area contributed by atoms with Gasteiger partial charge in [-0.2, -0.15) is 0 Å². The summed E-state index contributed by atoms with van der Waals surface area (Å²) in [5, 5.41) is 3.02. The van der Waals surface area contributed by atoms with E-state index in [1.807, 2.05) is 54.6 Å². The number of esters is 2. The molecule has 0 aromatic heterocycles. The summed E-state index contributed by atoms with van der Waals surface area (Å²) in [5.41, 5.74) is 2.83. The minimum Gasteiger partial charge on any atom is -0.469 e. The second-order valence-electron chi connectivity index (χ2n) is 5.27. The van der Waals surface area contributed by atoms with Gasteiger partial charge in [0.25, 0.3) is 0 Å². The number of methoxy groups -OCH3 is 1. The Morgan fingerprint density at radius 2 is 1.62 bits per heavy atom. The minimum absolute atomic E-state index is 0.105. The number of aryl methyl sites for hydroxylation is 1. The van der Waals surface area contributed by atoms with Crippen LogP contribution in [0.15, 0.2) is 54.6 Å². The summed E-state index contributed by atoms with van der Waals surface area (Å²) in [4.78, 5) is 22.8. The van der Waals surface area contributed by atoms with E-state index in [0.29, 0.717) is 12.8 Å². The van der Waals surface area contributed by atoms with Gasteiger partial charge in [0.1, 0.15) is 13.2 Å². The summed E-state index contributed by atoms with van der Waals surface area (Å²) in [6, 6.07) is 17.1. The van der Waals surface area contributed by atoms with E-state index in [-0.39, 0.29) is 25.1 Å². The second-order valence-corrected chi connectivity index (χ2v) is 5.27. The maximum atomic E-state index is 11.7. The lowest BCUT2D eigenvalue weighted by Crippen LogP contribution is -2.16. The first-order chi connectivity index (χ1) is 11.7. The monoisotopic (exact) mass is 327 g/mol. The largest absolute Gasteiger partial charge is 0.469 e. The number of benzene rings is 2. The quantitative estimate of drug-likeness (QED) is 0.755. The van der Waals surface area contributed by atoms with Crippen molar-refractivity contribution in [2.45, 2.75) is 19.4 Å². The van der Waals surface area contributed by atoms with E-state index in [0.717, 1.165) is 16.8 Å². The Morgan fingerprint density at radius 1 is 0.917 bits per heavy atom. The molecule has 5 heteroatoms. The molecule has 0 saturated heterocycles. The molecule has 0 radical (unpaired) electrons. The smallest absolute Gasteiger partial charge is 0.325 e. The molecule has 0 bridgehead atoms. The number of hydrogen-bond donors (Lipinski definition) is 1.